The zero-order valence-corrected chi connectivity index (χ0v) is 16.7. The Hall–Kier alpha value is -3.18. The maximum absolute atomic E-state index is 12.0. The molecular formula is C25H26O5. The Kier molecular flexibility index (Phi) is 7.20. The van der Waals surface area contributed by atoms with E-state index in [0.717, 1.165) is 33.9 Å². The predicted molar refractivity (Wildman–Crippen MR) is 115 cm³/mol. The molecule has 3 rings (SSSR count). The molecule has 3 aromatic rings. The fourth-order valence-corrected chi connectivity index (χ4v) is 3.84. The molecule has 156 valence electrons. The summed E-state index contributed by atoms with van der Waals surface area (Å²) in [6.07, 6.45) is 1.84. The Labute approximate surface area is 175 Å². The van der Waals surface area contributed by atoms with Crippen molar-refractivity contribution in [3.63, 3.8) is 0 Å². The Balaban J connectivity index is 1.83. The summed E-state index contributed by atoms with van der Waals surface area (Å²) in [4.78, 5) is 23.9. The summed E-state index contributed by atoms with van der Waals surface area (Å²) >= 11 is 0. The highest BCUT2D eigenvalue weighted by Crippen LogP contribution is 2.26. The monoisotopic (exact) mass is 406 g/mol. The summed E-state index contributed by atoms with van der Waals surface area (Å²) in [6.45, 7) is 0.154. The van der Waals surface area contributed by atoms with E-state index in [1.165, 1.54) is 0 Å². The van der Waals surface area contributed by atoms with Crippen molar-refractivity contribution in [2.45, 2.75) is 25.7 Å². The molecular weight excluding hydrogens is 380 g/mol. The van der Waals surface area contributed by atoms with Gasteiger partial charge in [-0.15, -0.1) is 0 Å². The number of rotatable bonds is 10. The maximum atomic E-state index is 12.0. The van der Waals surface area contributed by atoms with E-state index >= 15 is 0 Å². The third kappa shape index (κ3) is 5.45. The van der Waals surface area contributed by atoms with Gasteiger partial charge >= 0.3 is 11.9 Å². The van der Waals surface area contributed by atoms with Crippen molar-refractivity contribution >= 4 is 22.7 Å². The third-order valence-electron chi connectivity index (χ3n) is 5.47. The molecule has 0 fully saturated rings. The lowest BCUT2D eigenvalue weighted by Gasteiger charge is -2.21. The van der Waals surface area contributed by atoms with Gasteiger partial charge in [0.15, 0.2) is 0 Å². The van der Waals surface area contributed by atoms with Crippen molar-refractivity contribution in [2.75, 3.05) is 6.61 Å². The average molecular weight is 406 g/mol. The Morgan fingerprint density at radius 1 is 0.700 bits per heavy atom. The van der Waals surface area contributed by atoms with Gasteiger partial charge in [0, 0.05) is 6.61 Å². The van der Waals surface area contributed by atoms with Gasteiger partial charge in [-0.25, -0.2) is 0 Å². The van der Waals surface area contributed by atoms with Crippen LogP contribution in [0.1, 0.15) is 23.1 Å². The topological polar surface area (TPSA) is 94.8 Å². The summed E-state index contributed by atoms with van der Waals surface area (Å²) in [6, 6.07) is 20.9. The highest BCUT2D eigenvalue weighted by molar-refractivity contribution is 5.84. The van der Waals surface area contributed by atoms with Crippen molar-refractivity contribution < 1.29 is 24.9 Å². The first kappa shape index (κ1) is 21.5. The van der Waals surface area contributed by atoms with Crippen LogP contribution in [0.5, 0.6) is 0 Å². The molecule has 0 saturated carbocycles. The molecule has 30 heavy (non-hydrogen) atoms. The van der Waals surface area contributed by atoms with E-state index in [4.69, 9.17) is 5.11 Å². The van der Waals surface area contributed by atoms with E-state index in [9.17, 15) is 19.8 Å². The lowest BCUT2D eigenvalue weighted by molar-refractivity contribution is -0.153. The lowest BCUT2D eigenvalue weighted by atomic mass is 9.82. The average Bonchev–Trinajstić information content (AvgIpc) is 2.75. The molecule has 5 nitrogen and oxygen atoms in total. The van der Waals surface area contributed by atoms with Crippen LogP contribution in [0.4, 0.5) is 0 Å². The number of aliphatic hydroxyl groups is 1. The highest BCUT2D eigenvalue weighted by atomic mass is 16.4. The van der Waals surface area contributed by atoms with Gasteiger partial charge in [-0.2, -0.15) is 0 Å². The summed E-state index contributed by atoms with van der Waals surface area (Å²) in [5, 5.41) is 30.5. The molecule has 3 aromatic carbocycles. The van der Waals surface area contributed by atoms with Crippen molar-refractivity contribution in [2.24, 2.45) is 11.8 Å². The predicted octanol–water partition coefficient (Wildman–Crippen LogP) is 3.95. The number of carboxylic acids is 2. The molecule has 0 saturated heterocycles. The number of aryl methyl sites for hydroxylation is 1. The van der Waals surface area contributed by atoms with Crippen LogP contribution >= 0.6 is 0 Å². The Morgan fingerprint density at radius 3 is 1.80 bits per heavy atom. The van der Waals surface area contributed by atoms with Crippen LogP contribution < -0.4 is 0 Å². The minimum Gasteiger partial charge on any atom is -0.481 e. The molecule has 0 heterocycles. The van der Waals surface area contributed by atoms with Crippen LogP contribution in [-0.2, 0) is 28.9 Å². The van der Waals surface area contributed by atoms with Gasteiger partial charge in [0.2, 0.25) is 0 Å². The molecule has 0 unspecified atom stereocenters. The van der Waals surface area contributed by atoms with Gasteiger partial charge < -0.3 is 15.3 Å². The van der Waals surface area contributed by atoms with Gasteiger partial charge in [-0.1, -0.05) is 66.7 Å². The van der Waals surface area contributed by atoms with Crippen LogP contribution in [-0.4, -0.2) is 33.9 Å². The molecule has 0 bridgehead atoms. The summed E-state index contributed by atoms with van der Waals surface area (Å²) in [7, 11) is 0. The fraction of sp³-hybridized carbons (Fsp3) is 0.280. The number of benzene rings is 3. The molecule has 0 aliphatic rings. The normalized spacial score (nSPS) is 13.1. The smallest absolute Gasteiger partial charge is 0.307 e. The standard InChI is InChI=1S/C25H26O5/c26-12-4-7-18-8-10-21-14-19(9-11-20(21)13-18)16-23(25(29)30)22(24(27)28)15-17-5-2-1-3-6-17/h1-3,5-6,8-11,13-14,22-23,26H,4,7,12,15-16H2,(H,27,28)(H,29,30)/t22-,23-/m0/s1. The van der Waals surface area contributed by atoms with Crippen LogP contribution in [0.15, 0.2) is 66.7 Å². The molecule has 0 radical (unpaired) electrons. The number of fused-ring (bicyclic) bond motifs is 1. The van der Waals surface area contributed by atoms with Crippen molar-refractivity contribution in [1.82, 2.24) is 0 Å². The zero-order valence-electron chi connectivity index (χ0n) is 16.7. The lowest BCUT2D eigenvalue weighted by Crippen LogP contribution is -2.33. The largest absolute Gasteiger partial charge is 0.481 e. The van der Waals surface area contributed by atoms with Crippen molar-refractivity contribution in [1.29, 1.82) is 0 Å². The quantitative estimate of drug-likeness (QED) is 0.474. The SMILES string of the molecule is O=C(O)[C@@H](Cc1ccccc1)[C@H](Cc1ccc2cc(CCCO)ccc2c1)C(=O)O. The number of hydrogen-bond acceptors (Lipinski definition) is 3. The number of carboxylic acid groups (broad SMARTS) is 2. The second kappa shape index (κ2) is 10.0. The van der Waals surface area contributed by atoms with Gasteiger partial charge in [0.05, 0.1) is 11.8 Å². The number of hydrogen-bond donors (Lipinski definition) is 3. The molecule has 3 N–H and O–H groups in total. The third-order valence-corrected chi connectivity index (χ3v) is 5.47. The Morgan fingerprint density at radius 2 is 1.23 bits per heavy atom. The molecule has 0 aliphatic heterocycles. The molecule has 0 aliphatic carbocycles. The zero-order chi connectivity index (χ0) is 21.5. The first-order chi connectivity index (χ1) is 14.5. The second-order valence-electron chi connectivity index (χ2n) is 7.63. The van der Waals surface area contributed by atoms with Crippen LogP contribution in [0, 0.1) is 11.8 Å². The first-order valence-corrected chi connectivity index (χ1v) is 10.1. The van der Waals surface area contributed by atoms with E-state index in [1.54, 1.807) is 0 Å². The van der Waals surface area contributed by atoms with E-state index in [2.05, 4.69) is 6.07 Å². The van der Waals surface area contributed by atoms with Crippen LogP contribution in [0.2, 0.25) is 0 Å². The first-order valence-electron chi connectivity index (χ1n) is 10.1. The van der Waals surface area contributed by atoms with Gasteiger partial charge in [-0.3, -0.25) is 9.59 Å². The molecule has 0 spiro atoms. The van der Waals surface area contributed by atoms with Crippen LogP contribution in [0.25, 0.3) is 10.8 Å². The minimum atomic E-state index is -1.10. The summed E-state index contributed by atoms with van der Waals surface area (Å²) in [5.41, 5.74) is 2.75. The second-order valence-corrected chi connectivity index (χ2v) is 7.63. The molecule has 0 aromatic heterocycles. The van der Waals surface area contributed by atoms with Crippen molar-refractivity contribution in [3.05, 3.63) is 83.4 Å². The van der Waals surface area contributed by atoms with E-state index in [-0.39, 0.29) is 19.4 Å². The van der Waals surface area contributed by atoms with Crippen molar-refractivity contribution in [3.8, 4) is 0 Å². The number of aliphatic carboxylic acids is 2. The van der Waals surface area contributed by atoms with E-state index < -0.39 is 23.8 Å². The minimum absolute atomic E-state index is 0.154. The number of aliphatic hydroxyl groups excluding tert-OH is 1. The molecule has 5 heteroatoms. The van der Waals surface area contributed by atoms with Gasteiger partial charge in [0.25, 0.3) is 0 Å². The summed E-state index contributed by atoms with van der Waals surface area (Å²) < 4.78 is 0. The van der Waals surface area contributed by atoms with E-state index in [1.807, 2.05) is 60.7 Å². The Bertz CT molecular complexity index is 1010. The summed E-state index contributed by atoms with van der Waals surface area (Å²) in [5.74, 6) is -4.23. The highest BCUT2D eigenvalue weighted by Gasteiger charge is 2.34. The van der Waals surface area contributed by atoms with E-state index in [0.29, 0.717) is 6.42 Å². The number of carbonyl (C=O) groups is 2. The molecule has 0 amide bonds. The fourth-order valence-electron chi connectivity index (χ4n) is 3.84. The van der Waals surface area contributed by atoms with Gasteiger partial charge in [-0.05, 0) is 53.1 Å². The molecule has 2 atom stereocenters. The van der Waals surface area contributed by atoms with Crippen LogP contribution in [0.3, 0.4) is 0 Å². The van der Waals surface area contributed by atoms with Gasteiger partial charge in [0.1, 0.15) is 0 Å². The maximum Gasteiger partial charge on any atom is 0.307 e.